The zero-order chi connectivity index (χ0) is 13.9. The van der Waals surface area contributed by atoms with Crippen molar-refractivity contribution in [1.82, 2.24) is 9.78 Å². The molecule has 0 radical (unpaired) electrons. The van der Waals surface area contributed by atoms with E-state index in [1.165, 1.54) is 19.3 Å². The number of hydrogen-bond donors (Lipinski definition) is 0. The van der Waals surface area contributed by atoms with Crippen LogP contribution in [0.5, 0.6) is 0 Å². The Hall–Kier alpha value is -1.42. The van der Waals surface area contributed by atoms with Crippen molar-refractivity contribution in [3.63, 3.8) is 0 Å². The van der Waals surface area contributed by atoms with Crippen LogP contribution in [0.3, 0.4) is 0 Å². The third-order valence-corrected chi connectivity index (χ3v) is 4.51. The minimum atomic E-state index is 0.445. The molecule has 1 aromatic carbocycles. The van der Waals surface area contributed by atoms with Gasteiger partial charge in [0.15, 0.2) is 6.29 Å². The summed E-state index contributed by atoms with van der Waals surface area (Å²) in [5.74, 6) is 0.445. The predicted molar refractivity (Wildman–Crippen MR) is 82.5 cm³/mol. The largest absolute Gasteiger partial charge is 0.298 e. The molecule has 0 saturated heterocycles. The van der Waals surface area contributed by atoms with Crippen molar-refractivity contribution in [2.24, 2.45) is 0 Å². The summed E-state index contributed by atoms with van der Waals surface area (Å²) in [5, 5.41) is 4.67. The number of carbonyl (C=O) groups excluding carboxylic acids is 1. The van der Waals surface area contributed by atoms with E-state index in [1.54, 1.807) is 0 Å². The van der Waals surface area contributed by atoms with Gasteiger partial charge in [0.05, 0.1) is 16.9 Å². The second kappa shape index (κ2) is 5.92. The monoisotopic (exact) mass is 332 g/mol. The topological polar surface area (TPSA) is 34.9 Å². The van der Waals surface area contributed by atoms with E-state index in [0.717, 1.165) is 40.5 Å². The lowest BCUT2D eigenvalue weighted by atomic mass is 9.86. The second-order valence-corrected chi connectivity index (χ2v) is 6.26. The molecule has 0 amide bonds. The first-order valence-electron chi connectivity index (χ1n) is 7.08. The maximum Gasteiger partial charge on any atom is 0.153 e. The molecule has 20 heavy (non-hydrogen) atoms. The van der Waals surface area contributed by atoms with Gasteiger partial charge in [-0.2, -0.15) is 5.10 Å². The van der Waals surface area contributed by atoms with E-state index in [4.69, 9.17) is 0 Å². The SMILES string of the molecule is O=Cc1cn(-c2ccc(Br)cc2)nc1C1CCCCC1. The molecule has 1 aromatic heterocycles. The molecule has 0 atom stereocenters. The van der Waals surface area contributed by atoms with Crippen LogP contribution in [0.1, 0.15) is 54.1 Å². The second-order valence-electron chi connectivity index (χ2n) is 5.34. The molecule has 2 aromatic rings. The molecule has 0 bridgehead atoms. The van der Waals surface area contributed by atoms with Gasteiger partial charge in [0.25, 0.3) is 0 Å². The van der Waals surface area contributed by atoms with Crippen LogP contribution >= 0.6 is 15.9 Å². The van der Waals surface area contributed by atoms with Crippen LogP contribution in [-0.4, -0.2) is 16.1 Å². The number of hydrogen-bond acceptors (Lipinski definition) is 2. The summed E-state index contributed by atoms with van der Waals surface area (Å²) >= 11 is 3.43. The average molecular weight is 333 g/mol. The molecule has 1 fully saturated rings. The van der Waals surface area contributed by atoms with Gasteiger partial charge in [0.2, 0.25) is 0 Å². The Morgan fingerprint density at radius 3 is 2.50 bits per heavy atom. The molecule has 104 valence electrons. The highest BCUT2D eigenvalue weighted by Gasteiger charge is 2.22. The zero-order valence-corrected chi connectivity index (χ0v) is 12.8. The van der Waals surface area contributed by atoms with Crippen molar-refractivity contribution in [2.75, 3.05) is 0 Å². The van der Waals surface area contributed by atoms with Crippen LogP contribution in [0.4, 0.5) is 0 Å². The molecule has 0 N–H and O–H groups in total. The molecule has 1 aliphatic rings. The molecular formula is C16H17BrN2O. The normalized spacial score (nSPS) is 16.2. The Morgan fingerprint density at radius 2 is 1.85 bits per heavy atom. The smallest absolute Gasteiger partial charge is 0.153 e. The maximum atomic E-state index is 11.3. The van der Waals surface area contributed by atoms with Crippen molar-refractivity contribution >= 4 is 22.2 Å². The highest BCUT2D eigenvalue weighted by Crippen LogP contribution is 2.33. The molecule has 0 unspecified atom stereocenters. The zero-order valence-electron chi connectivity index (χ0n) is 11.3. The van der Waals surface area contributed by atoms with Crippen LogP contribution in [0.2, 0.25) is 0 Å². The Morgan fingerprint density at radius 1 is 1.15 bits per heavy atom. The van der Waals surface area contributed by atoms with Crippen LogP contribution in [-0.2, 0) is 0 Å². The number of halogens is 1. The molecule has 1 saturated carbocycles. The van der Waals surface area contributed by atoms with Gasteiger partial charge in [-0.05, 0) is 37.1 Å². The summed E-state index contributed by atoms with van der Waals surface area (Å²) in [4.78, 5) is 11.3. The van der Waals surface area contributed by atoms with Gasteiger partial charge in [-0.1, -0.05) is 35.2 Å². The van der Waals surface area contributed by atoms with Gasteiger partial charge in [-0.25, -0.2) is 4.68 Å². The maximum absolute atomic E-state index is 11.3. The van der Waals surface area contributed by atoms with Crippen molar-refractivity contribution in [3.05, 3.63) is 46.2 Å². The van der Waals surface area contributed by atoms with E-state index in [2.05, 4.69) is 21.0 Å². The van der Waals surface area contributed by atoms with E-state index in [1.807, 2.05) is 35.1 Å². The highest BCUT2D eigenvalue weighted by atomic mass is 79.9. The Bertz CT molecular complexity index is 597. The van der Waals surface area contributed by atoms with Crippen LogP contribution in [0, 0.1) is 0 Å². The summed E-state index contributed by atoms with van der Waals surface area (Å²) < 4.78 is 2.86. The standard InChI is InChI=1S/C16H17BrN2O/c17-14-6-8-15(9-7-14)19-10-13(11-20)16(18-19)12-4-2-1-3-5-12/h6-12H,1-5H2. The van der Waals surface area contributed by atoms with Gasteiger partial charge in [0.1, 0.15) is 0 Å². The molecule has 0 aliphatic heterocycles. The number of carbonyl (C=O) groups is 1. The minimum absolute atomic E-state index is 0.445. The first kappa shape index (κ1) is 13.6. The van der Waals surface area contributed by atoms with E-state index in [-0.39, 0.29) is 0 Å². The van der Waals surface area contributed by atoms with E-state index < -0.39 is 0 Å². The lowest BCUT2D eigenvalue weighted by Gasteiger charge is -2.20. The Kier molecular flexibility index (Phi) is 4.01. The molecule has 1 heterocycles. The fourth-order valence-corrected chi connectivity index (χ4v) is 3.18. The van der Waals surface area contributed by atoms with Gasteiger partial charge in [0, 0.05) is 16.6 Å². The molecule has 3 nitrogen and oxygen atoms in total. The molecule has 3 rings (SSSR count). The fourth-order valence-electron chi connectivity index (χ4n) is 2.91. The molecule has 1 aliphatic carbocycles. The van der Waals surface area contributed by atoms with Crippen LogP contribution in [0.15, 0.2) is 34.9 Å². The highest BCUT2D eigenvalue weighted by molar-refractivity contribution is 9.10. The minimum Gasteiger partial charge on any atom is -0.298 e. The van der Waals surface area contributed by atoms with Crippen LogP contribution < -0.4 is 0 Å². The van der Waals surface area contributed by atoms with Crippen molar-refractivity contribution < 1.29 is 4.79 Å². The van der Waals surface area contributed by atoms with E-state index in [9.17, 15) is 4.79 Å². The van der Waals surface area contributed by atoms with Crippen LogP contribution in [0.25, 0.3) is 5.69 Å². The Labute approximate surface area is 127 Å². The summed E-state index contributed by atoms with van der Waals surface area (Å²) in [6.07, 6.45) is 8.88. The van der Waals surface area contributed by atoms with Gasteiger partial charge in [-0.3, -0.25) is 4.79 Å². The van der Waals surface area contributed by atoms with E-state index >= 15 is 0 Å². The predicted octanol–water partition coefficient (Wildman–Crippen LogP) is 4.50. The number of aldehydes is 1. The van der Waals surface area contributed by atoms with Crippen molar-refractivity contribution in [1.29, 1.82) is 0 Å². The third kappa shape index (κ3) is 2.70. The molecule has 4 heteroatoms. The van der Waals surface area contributed by atoms with E-state index in [0.29, 0.717) is 5.92 Å². The number of nitrogens with zero attached hydrogens (tertiary/aromatic N) is 2. The van der Waals surface area contributed by atoms with Crippen molar-refractivity contribution in [2.45, 2.75) is 38.0 Å². The number of aromatic nitrogens is 2. The first-order valence-corrected chi connectivity index (χ1v) is 7.88. The first-order chi connectivity index (χ1) is 9.78. The van der Waals surface area contributed by atoms with Crippen molar-refractivity contribution in [3.8, 4) is 5.69 Å². The van der Waals surface area contributed by atoms with Gasteiger partial charge in [-0.15, -0.1) is 0 Å². The summed E-state index contributed by atoms with van der Waals surface area (Å²) in [5.41, 5.74) is 2.70. The molecule has 0 spiro atoms. The molecular weight excluding hydrogens is 316 g/mol. The fraction of sp³-hybridized carbons (Fsp3) is 0.375. The summed E-state index contributed by atoms with van der Waals surface area (Å²) in [6.45, 7) is 0. The average Bonchev–Trinajstić information content (AvgIpc) is 2.93. The van der Waals surface area contributed by atoms with Gasteiger partial charge >= 0.3 is 0 Å². The number of rotatable bonds is 3. The summed E-state index contributed by atoms with van der Waals surface area (Å²) in [6, 6.07) is 7.96. The lowest BCUT2D eigenvalue weighted by Crippen LogP contribution is -2.07. The third-order valence-electron chi connectivity index (χ3n) is 3.98. The lowest BCUT2D eigenvalue weighted by molar-refractivity contribution is 0.112. The number of benzene rings is 1. The van der Waals surface area contributed by atoms with Gasteiger partial charge < -0.3 is 0 Å². The quantitative estimate of drug-likeness (QED) is 0.776. The Balaban J connectivity index is 1.95. The summed E-state index contributed by atoms with van der Waals surface area (Å²) in [7, 11) is 0.